The summed E-state index contributed by atoms with van der Waals surface area (Å²) in [6.45, 7) is 1.58. The third-order valence-corrected chi connectivity index (χ3v) is 3.37. The number of phenolic OH excluding ortho intramolecular Hbond substituents is 1. The van der Waals surface area contributed by atoms with E-state index in [2.05, 4.69) is 35.8 Å². The fraction of sp³-hybridized carbons (Fsp3) is 0.143. The zero-order valence-corrected chi connectivity index (χ0v) is 13.7. The molecule has 0 aliphatic rings. The summed E-state index contributed by atoms with van der Waals surface area (Å²) in [5.74, 6) is -0.447. The summed E-state index contributed by atoms with van der Waals surface area (Å²) >= 11 is 0. The van der Waals surface area contributed by atoms with E-state index >= 15 is 0 Å². The molecule has 1 amide bonds. The van der Waals surface area contributed by atoms with E-state index in [1.165, 1.54) is 13.3 Å². The minimum absolute atomic E-state index is 0.0326. The lowest BCUT2D eigenvalue weighted by Crippen LogP contribution is -2.22. The first-order chi connectivity index (χ1) is 12.5. The number of aromatic hydroxyl groups is 1. The van der Waals surface area contributed by atoms with Gasteiger partial charge in [-0.3, -0.25) is 4.79 Å². The second-order valence-corrected chi connectivity index (χ2v) is 5.01. The molecule has 12 nitrogen and oxygen atoms in total. The van der Waals surface area contributed by atoms with E-state index in [0.717, 1.165) is 4.68 Å². The lowest BCUT2D eigenvalue weighted by molar-refractivity contribution is 0.0946. The zero-order valence-electron chi connectivity index (χ0n) is 13.7. The lowest BCUT2D eigenvalue weighted by Gasteiger charge is -2.05. The van der Waals surface area contributed by atoms with Crippen LogP contribution < -0.4 is 15.9 Å². The van der Waals surface area contributed by atoms with Crippen LogP contribution in [0.3, 0.4) is 0 Å². The van der Waals surface area contributed by atoms with E-state index < -0.39 is 5.91 Å². The van der Waals surface area contributed by atoms with Gasteiger partial charge in [0.05, 0.1) is 19.0 Å². The van der Waals surface area contributed by atoms with Crippen molar-refractivity contribution in [2.24, 2.45) is 5.10 Å². The van der Waals surface area contributed by atoms with Gasteiger partial charge >= 0.3 is 0 Å². The molecule has 0 atom stereocenters. The summed E-state index contributed by atoms with van der Waals surface area (Å²) in [7, 11) is 1.43. The van der Waals surface area contributed by atoms with Crippen LogP contribution in [0.25, 0.3) is 5.82 Å². The van der Waals surface area contributed by atoms with E-state index in [1.807, 2.05) is 0 Å². The molecule has 0 saturated carbocycles. The first-order valence-corrected chi connectivity index (χ1v) is 7.23. The van der Waals surface area contributed by atoms with Gasteiger partial charge in [0.25, 0.3) is 5.91 Å². The molecule has 0 bridgehead atoms. The van der Waals surface area contributed by atoms with Gasteiger partial charge in [0.15, 0.2) is 17.2 Å². The van der Waals surface area contributed by atoms with E-state index in [4.69, 9.17) is 10.5 Å². The molecule has 3 aromatic rings. The molecule has 2 heterocycles. The second-order valence-electron chi connectivity index (χ2n) is 5.01. The Labute approximate surface area is 146 Å². The van der Waals surface area contributed by atoms with Gasteiger partial charge in [0.2, 0.25) is 11.6 Å². The Bertz CT molecular complexity index is 977. The van der Waals surface area contributed by atoms with Crippen molar-refractivity contribution in [3.63, 3.8) is 0 Å². The Morgan fingerprint density at radius 1 is 1.46 bits per heavy atom. The summed E-state index contributed by atoms with van der Waals surface area (Å²) in [6, 6.07) is 4.87. The predicted octanol–water partition coefficient (Wildman–Crippen LogP) is 0.0190. The van der Waals surface area contributed by atoms with Crippen molar-refractivity contribution in [1.29, 1.82) is 0 Å². The smallest absolute Gasteiger partial charge is 0.292 e. The summed E-state index contributed by atoms with van der Waals surface area (Å²) in [6.07, 6.45) is 1.27. The van der Waals surface area contributed by atoms with Crippen LogP contribution >= 0.6 is 0 Å². The quantitative estimate of drug-likeness (QED) is 0.420. The third kappa shape index (κ3) is 3.02. The molecule has 4 N–H and O–H groups in total. The van der Waals surface area contributed by atoms with Crippen molar-refractivity contribution in [3.05, 3.63) is 35.2 Å². The molecule has 134 valence electrons. The molecule has 2 aromatic heterocycles. The number of hydrogen-bond acceptors (Lipinski definition) is 10. The number of methoxy groups -OCH3 is 1. The molecule has 0 spiro atoms. The number of phenols is 1. The van der Waals surface area contributed by atoms with Gasteiger partial charge in [-0.15, -0.1) is 5.10 Å². The SMILES string of the molecule is COc1cccc(/C=N/NC(=O)c2c(C)nnn2-c2nonc2N)c1O. The number of aromatic nitrogens is 5. The van der Waals surface area contributed by atoms with Gasteiger partial charge in [-0.25, -0.2) is 10.1 Å². The highest BCUT2D eigenvalue weighted by atomic mass is 16.6. The van der Waals surface area contributed by atoms with Crippen molar-refractivity contribution in [3.8, 4) is 17.3 Å². The summed E-state index contributed by atoms with van der Waals surface area (Å²) in [5, 5.41) is 28.4. The molecule has 3 rings (SSSR count). The van der Waals surface area contributed by atoms with Gasteiger partial charge in [0.1, 0.15) is 0 Å². The lowest BCUT2D eigenvalue weighted by atomic mass is 10.2. The Morgan fingerprint density at radius 3 is 2.96 bits per heavy atom. The number of carbonyl (C=O) groups excluding carboxylic acids is 1. The van der Waals surface area contributed by atoms with Gasteiger partial charge in [-0.05, 0) is 29.4 Å². The zero-order chi connectivity index (χ0) is 18.7. The maximum atomic E-state index is 12.4. The summed E-state index contributed by atoms with van der Waals surface area (Å²) in [5.41, 5.74) is 8.67. The van der Waals surface area contributed by atoms with E-state index in [0.29, 0.717) is 11.3 Å². The number of nitrogen functional groups attached to an aromatic ring is 1. The molecular weight excluding hydrogens is 344 g/mol. The Kier molecular flexibility index (Phi) is 4.47. The van der Waals surface area contributed by atoms with Gasteiger partial charge in [-0.1, -0.05) is 11.3 Å². The number of nitrogens with one attached hydrogen (secondary N) is 1. The highest BCUT2D eigenvalue weighted by molar-refractivity contribution is 5.95. The Balaban J connectivity index is 1.82. The number of hydrazone groups is 1. The predicted molar refractivity (Wildman–Crippen MR) is 88.1 cm³/mol. The Morgan fingerprint density at radius 2 is 2.27 bits per heavy atom. The van der Waals surface area contributed by atoms with Crippen LogP contribution in [0.4, 0.5) is 5.82 Å². The number of hydrogen-bond donors (Lipinski definition) is 3. The number of aryl methyl sites for hydroxylation is 1. The summed E-state index contributed by atoms with van der Waals surface area (Å²) in [4.78, 5) is 12.4. The fourth-order valence-electron chi connectivity index (χ4n) is 2.13. The fourth-order valence-corrected chi connectivity index (χ4v) is 2.13. The maximum Gasteiger partial charge on any atom is 0.292 e. The standard InChI is InChI=1S/C14H14N8O4/c1-7-10(22(21-17-7)13-12(15)19-26-20-13)14(24)18-16-6-8-4-3-5-9(25-2)11(8)23/h3-6,23H,1-2H3,(H2,15,19)(H,18,24)/b16-6+. The molecule has 0 unspecified atom stereocenters. The van der Waals surface area contributed by atoms with Crippen molar-refractivity contribution in [1.82, 2.24) is 30.7 Å². The Hall–Kier alpha value is -3.96. The van der Waals surface area contributed by atoms with Gasteiger partial charge in [-0.2, -0.15) is 9.78 Å². The molecule has 0 saturated heterocycles. The molecule has 0 aliphatic carbocycles. The van der Waals surface area contributed by atoms with Crippen molar-refractivity contribution in [2.75, 3.05) is 12.8 Å². The third-order valence-electron chi connectivity index (χ3n) is 3.37. The van der Waals surface area contributed by atoms with E-state index in [9.17, 15) is 9.90 Å². The van der Waals surface area contributed by atoms with E-state index in [1.54, 1.807) is 25.1 Å². The van der Waals surface area contributed by atoms with Crippen LogP contribution in [0.5, 0.6) is 11.5 Å². The maximum absolute atomic E-state index is 12.4. The number of para-hydroxylation sites is 1. The number of rotatable bonds is 5. The van der Waals surface area contributed by atoms with E-state index in [-0.39, 0.29) is 28.8 Å². The van der Waals surface area contributed by atoms with Crippen LogP contribution in [0.2, 0.25) is 0 Å². The topological polar surface area (TPSA) is 167 Å². The average molecular weight is 358 g/mol. The largest absolute Gasteiger partial charge is 0.504 e. The molecule has 26 heavy (non-hydrogen) atoms. The normalized spacial score (nSPS) is 11.0. The summed E-state index contributed by atoms with van der Waals surface area (Å²) < 4.78 is 10.6. The monoisotopic (exact) mass is 358 g/mol. The number of amides is 1. The first kappa shape index (κ1) is 16.9. The first-order valence-electron chi connectivity index (χ1n) is 7.23. The highest BCUT2D eigenvalue weighted by Gasteiger charge is 2.22. The van der Waals surface area contributed by atoms with Crippen molar-refractivity contribution < 1.29 is 19.3 Å². The number of benzene rings is 1. The van der Waals surface area contributed by atoms with Crippen molar-refractivity contribution >= 4 is 17.9 Å². The van der Waals surface area contributed by atoms with Crippen LogP contribution in [0.1, 0.15) is 21.7 Å². The number of nitrogens with zero attached hydrogens (tertiary/aromatic N) is 6. The number of ether oxygens (including phenoxy) is 1. The van der Waals surface area contributed by atoms with Crippen LogP contribution in [-0.4, -0.2) is 49.6 Å². The van der Waals surface area contributed by atoms with Crippen LogP contribution in [0, 0.1) is 6.92 Å². The molecule has 12 heteroatoms. The number of anilines is 1. The second kappa shape index (κ2) is 6.88. The number of nitrogens with two attached hydrogens (primary N) is 1. The average Bonchev–Trinajstić information content (AvgIpc) is 3.21. The van der Waals surface area contributed by atoms with Crippen LogP contribution in [-0.2, 0) is 0 Å². The molecule has 0 aliphatic heterocycles. The molecular formula is C14H14N8O4. The number of carbonyl (C=O) groups is 1. The van der Waals surface area contributed by atoms with Crippen LogP contribution in [0.15, 0.2) is 27.9 Å². The molecule has 1 aromatic carbocycles. The highest BCUT2D eigenvalue weighted by Crippen LogP contribution is 2.27. The van der Waals surface area contributed by atoms with Gasteiger partial charge in [0, 0.05) is 5.56 Å². The molecule has 0 radical (unpaired) electrons. The minimum atomic E-state index is -0.617. The van der Waals surface area contributed by atoms with Gasteiger partial charge < -0.3 is 15.6 Å². The van der Waals surface area contributed by atoms with Crippen molar-refractivity contribution in [2.45, 2.75) is 6.92 Å². The molecule has 0 fully saturated rings. The minimum Gasteiger partial charge on any atom is -0.504 e.